The zero-order chi connectivity index (χ0) is 11.8. The van der Waals surface area contributed by atoms with Gasteiger partial charge in [-0.05, 0) is 5.92 Å². The largest absolute Gasteiger partial charge is 0.480 e. The number of carboxylic acid groups (broad SMARTS) is 1. The molecule has 0 fully saturated rings. The molecule has 4 nitrogen and oxygen atoms in total. The van der Waals surface area contributed by atoms with E-state index in [1.54, 1.807) is 6.92 Å². The van der Waals surface area contributed by atoms with Crippen LogP contribution in [-0.4, -0.2) is 23.0 Å². The summed E-state index contributed by atoms with van der Waals surface area (Å²) in [6.07, 6.45) is 6.22. The average Bonchev–Trinajstić information content (AvgIpc) is 2.21. The fourth-order valence-electron chi connectivity index (χ4n) is 1.11. The zero-order valence-electron chi connectivity index (χ0n) is 9.12. The van der Waals surface area contributed by atoms with Gasteiger partial charge in [-0.2, -0.15) is 0 Å². The molecule has 0 aliphatic carbocycles. The van der Waals surface area contributed by atoms with Crippen molar-refractivity contribution in [2.24, 2.45) is 5.92 Å². The first-order chi connectivity index (χ1) is 7.02. The molecule has 84 valence electrons. The van der Waals surface area contributed by atoms with Gasteiger partial charge in [-0.3, -0.25) is 4.79 Å². The van der Waals surface area contributed by atoms with Crippen molar-refractivity contribution in [1.82, 2.24) is 5.32 Å². The number of terminal acetylenes is 1. The summed E-state index contributed by atoms with van der Waals surface area (Å²) in [6.45, 7) is 3.68. The van der Waals surface area contributed by atoms with Gasteiger partial charge in [0.15, 0.2) is 0 Å². The van der Waals surface area contributed by atoms with Crippen LogP contribution in [0, 0.1) is 18.3 Å². The molecule has 0 radical (unpaired) electrons. The summed E-state index contributed by atoms with van der Waals surface area (Å²) in [7, 11) is 0. The lowest BCUT2D eigenvalue weighted by atomic mass is 9.99. The highest BCUT2D eigenvalue weighted by Gasteiger charge is 2.24. The Bertz CT molecular complexity index is 267. The molecule has 0 aliphatic heterocycles. The van der Waals surface area contributed by atoms with Crippen LogP contribution in [0.2, 0.25) is 0 Å². The number of amides is 1. The monoisotopic (exact) mass is 211 g/mol. The fourth-order valence-corrected chi connectivity index (χ4v) is 1.11. The van der Waals surface area contributed by atoms with Gasteiger partial charge in [-0.1, -0.05) is 20.3 Å². The van der Waals surface area contributed by atoms with E-state index in [0.717, 1.165) is 0 Å². The average molecular weight is 211 g/mol. The first-order valence-corrected chi connectivity index (χ1v) is 4.98. The maximum atomic E-state index is 11.3. The van der Waals surface area contributed by atoms with Gasteiger partial charge in [-0.25, -0.2) is 4.79 Å². The molecule has 0 rings (SSSR count). The second kappa shape index (κ2) is 6.88. The summed E-state index contributed by atoms with van der Waals surface area (Å²) in [5.74, 6) is 0.944. The minimum atomic E-state index is -1.00. The van der Waals surface area contributed by atoms with Crippen molar-refractivity contribution < 1.29 is 14.7 Å². The van der Waals surface area contributed by atoms with Crippen LogP contribution in [0.1, 0.15) is 33.1 Å². The van der Waals surface area contributed by atoms with Crippen LogP contribution in [0.3, 0.4) is 0 Å². The summed E-state index contributed by atoms with van der Waals surface area (Å²) in [5, 5.41) is 11.4. The topological polar surface area (TPSA) is 66.4 Å². The van der Waals surface area contributed by atoms with Crippen LogP contribution in [0.25, 0.3) is 0 Å². The summed E-state index contributed by atoms with van der Waals surface area (Å²) >= 11 is 0. The Balaban J connectivity index is 4.24. The Labute approximate surface area is 90.1 Å². The fraction of sp³-hybridized carbons (Fsp3) is 0.636. The third-order valence-electron chi connectivity index (χ3n) is 2.29. The molecule has 4 heteroatoms. The van der Waals surface area contributed by atoms with Gasteiger partial charge in [-0.15, -0.1) is 12.3 Å². The molecule has 0 aromatic heterocycles. The van der Waals surface area contributed by atoms with Gasteiger partial charge in [0.1, 0.15) is 6.04 Å². The predicted molar refractivity (Wildman–Crippen MR) is 57.1 cm³/mol. The number of hydrogen-bond acceptors (Lipinski definition) is 2. The van der Waals surface area contributed by atoms with Crippen LogP contribution < -0.4 is 5.32 Å². The van der Waals surface area contributed by atoms with Crippen LogP contribution in [-0.2, 0) is 9.59 Å². The molecule has 0 saturated carbocycles. The summed E-state index contributed by atoms with van der Waals surface area (Å²) in [6, 6.07) is -0.819. The molecule has 1 amide bonds. The number of carboxylic acids is 1. The molecular formula is C11H17NO3. The molecule has 0 aromatic carbocycles. The van der Waals surface area contributed by atoms with Crippen LogP contribution in [0.5, 0.6) is 0 Å². The Hall–Kier alpha value is -1.50. The zero-order valence-corrected chi connectivity index (χ0v) is 9.12. The Kier molecular flexibility index (Phi) is 6.19. The lowest BCUT2D eigenvalue weighted by Crippen LogP contribution is -2.44. The van der Waals surface area contributed by atoms with Crippen LogP contribution >= 0.6 is 0 Å². The highest BCUT2D eigenvalue weighted by Crippen LogP contribution is 2.08. The normalized spacial score (nSPS) is 13.7. The predicted octanol–water partition coefficient (Wildman–Crippen LogP) is 1.02. The lowest BCUT2D eigenvalue weighted by Gasteiger charge is -2.19. The van der Waals surface area contributed by atoms with E-state index in [9.17, 15) is 9.59 Å². The Morgan fingerprint density at radius 3 is 2.53 bits per heavy atom. The second-order valence-electron chi connectivity index (χ2n) is 3.47. The van der Waals surface area contributed by atoms with Crippen LogP contribution in [0.4, 0.5) is 0 Å². The molecular weight excluding hydrogens is 194 g/mol. The number of rotatable bonds is 6. The smallest absolute Gasteiger partial charge is 0.326 e. The van der Waals surface area contributed by atoms with Crippen molar-refractivity contribution in [2.75, 3.05) is 0 Å². The number of nitrogens with one attached hydrogen (secondary N) is 1. The van der Waals surface area contributed by atoms with E-state index >= 15 is 0 Å². The van der Waals surface area contributed by atoms with Gasteiger partial charge in [0.25, 0.3) is 0 Å². The molecule has 0 heterocycles. The molecule has 0 saturated heterocycles. The third-order valence-corrected chi connectivity index (χ3v) is 2.29. The highest BCUT2D eigenvalue weighted by atomic mass is 16.4. The van der Waals surface area contributed by atoms with E-state index < -0.39 is 12.0 Å². The van der Waals surface area contributed by atoms with E-state index in [4.69, 9.17) is 11.5 Å². The molecule has 0 bridgehead atoms. The maximum Gasteiger partial charge on any atom is 0.326 e. The summed E-state index contributed by atoms with van der Waals surface area (Å²) in [4.78, 5) is 22.1. The first-order valence-electron chi connectivity index (χ1n) is 4.98. The van der Waals surface area contributed by atoms with E-state index in [1.807, 2.05) is 6.92 Å². The first kappa shape index (κ1) is 13.5. The minimum Gasteiger partial charge on any atom is -0.480 e. The van der Waals surface area contributed by atoms with Gasteiger partial charge >= 0.3 is 5.97 Å². The molecule has 0 aliphatic rings. The highest BCUT2D eigenvalue weighted by molar-refractivity contribution is 5.83. The lowest BCUT2D eigenvalue weighted by molar-refractivity contribution is -0.143. The molecule has 2 atom stereocenters. The standard InChI is InChI=1S/C11H17NO3/c1-4-6-7-9(13)12-10(11(14)15)8(3)5-2/h1,8,10H,5-7H2,2-3H3,(H,12,13)(H,14,15)/t8-,10-/m0/s1. The van der Waals surface area contributed by atoms with Crippen LogP contribution in [0.15, 0.2) is 0 Å². The van der Waals surface area contributed by atoms with Crippen molar-refractivity contribution in [2.45, 2.75) is 39.2 Å². The Morgan fingerprint density at radius 2 is 2.13 bits per heavy atom. The quantitative estimate of drug-likeness (QED) is 0.644. The van der Waals surface area contributed by atoms with Crippen molar-refractivity contribution in [1.29, 1.82) is 0 Å². The van der Waals surface area contributed by atoms with E-state index in [0.29, 0.717) is 12.8 Å². The third kappa shape index (κ3) is 5.06. The molecule has 0 aromatic rings. The van der Waals surface area contributed by atoms with Crippen molar-refractivity contribution in [3.8, 4) is 12.3 Å². The van der Waals surface area contributed by atoms with Gasteiger partial charge in [0.05, 0.1) is 0 Å². The summed E-state index contributed by atoms with van der Waals surface area (Å²) in [5.41, 5.74) is 0. The van der Waals surface area contributed by atoms with E-state index in [-0.39, 0.29) is 18.2 Å². The van der Waals surface area contributed by atoms with Crippen molar-refractivity contribution >= 4 is 11.9 Å². The number of hydrogen-bond donors (Lipinski definition) is 2. The summed E-state index contributed by atoms with van der Waals surface area (Å²) < 4.78 is 0. The number of carbonyl (C=O) groups is 2. The SMILES string of the molecule is C#CCCC(=O)N[C@H](C(=O)O)[C@@H](C)CC. The second-order valence-corrected chi connectivity index (χ2v) is 3.47. The van der Waals surface area contributed by atoms with Crippen molar-refractivity contribution in [3.63, 3.8) is 0 Å². The number of aliphatic carboxylic acids is 1. The minimum absolute atomic E-state index is 0.0858. The van der Waals surface area contributed by atoms with Gasteiger partial charge in [0.2, 0.25) is 5.91 Å². The number of carbonyl (C=O) groups excluding carboxylic acids is 1. The van der Waals surface area contributed by atoms with E-state index in [1.165, 1.54) is 0 Å². The molecule has 2 N–H and O–H groups in total. The maximum absolute atomic E-state index is 11.3. The van der Waals surface area contributed by atoms with E-state index in [2.05, 4.69) is 11.2 Å². The Morgan fingerprint density at radius 1 is 1.53 bits per heavy atom. The molecule has 0 unspecified atom stereocenters. The van der Waals surface area contributed by atoms with Gasteiger partial charge in [0, 0.05) is 12.8 Å². The van der Waals surface area contributed by atoms with Crippen molar-refractivity contribution in [3.05, 3.63) is 0 Å². The van der Waals surface area contributed by atoms with Gasteiger partial charge < -0.3 is 10.4 Å². The molecule has 0 spiro atoms. The molecule has 15 heavy (non-hydrogen) atoms.